The van der Waals surface area contributed by atoms with Crippen molar-refractivity contribution in [3.8, 4) is 22.3 Å². The van der Waals surface area contributed by atoms with Gasteiger partial charge in [0.1, 0.15) is 11.2 Å². The Balaban J connectivity index is 1.40. The van der Waals surface area contributed by atoms with E-state index >= 15 is 0 Å². The molecule has 2 aromatic heterocycles. The molecule has 2 heterocycles. The summed E-state index contributed by atoms with van der Waals surface area (Å²) in [4.78, 5) is 0. The van der Waals surface area contributed by atoms with E-state index in [2.05, 4.69) is 110 Å². The zero-order valence-electron chi connectivity index (χ0n) is 18.1. The Hall–Kier alpha value is -3.88. The van der Waals surface area contributed by atoms with Crippen LogP contribution < -0.4 is 0 Å². The lowest BCUT2D eigenvalue weighted by atomic mass is 9.99. The summed E-state index contributed by atoms with van der Waals surface area (Å²) in [6.45, 7) is 2.12. The molecule has 0 bridgehead atoms. The molecule has 0 aliphatic carbocycles. The van der Waals surface area contributed by atoms with E-state index in [1.807, 2.05) is 11.3 Å². The minimum Gasteiger partial charge on any atom is -0.456 e. The van der Waals surface area contributed by atoms with Crippen molar-refractivity contribution < 1.29 is 4.42 Å². The highest BCUT2D eigenvalue weighted by Crippen LogP contribution is 2.38. The zero-order chi connectivity index (χ0) is 21.9. The molecule has 0 N–H and O–H groups in total. The van der Waals surface area contributed by atoms with E-state index in [4.69, 9.17) is 4.42 Å². The second-order valence-electron chi connectivity index (χ2n) is 8.70. The summed E-state index contributed by atoms with van der Waals surface area (Å²) in [5.41, 5.74) is 8.01. The molecule has 5 aromatic carbocycles. The van der Waals surface area contributed by atoms with Gasteiger partial charge < -0.3 is 4.42 Å². The summed E-state index contributed by atoms with van der Waals surface area (Å²) in [6, 6.07) is 37.2. The summed E-state index contributed by atoms with van der Waals surface area (Å²) < 4.78 is 8.84. The van der Waals surface area contributed by atoms with E-state index < -0.39 is 0 Å². The van der Waals surface area contributed by atoms with Crippen LogP contribution in [0.3, 0.4) is 0 Å². The van der Waals surface area contributed by atoms with Gasteiger partial charge in [-0.25, -0.2) is 0 Å². The third-order valence-electron chi connectivity index (χ3n) is 6.56. The first kappa shape index (κ1) is 18.7. The molecule has 0 aliphatic rings. The van der Waals surface area contributed by atoms with Crippen molar-refractivity contribution in [1.29, 1.82) is 0 Å². The number of fused-ring (bicyclic) bond motifs is 6. The van der Waals surface area contributed by atoms with Crippen LogP contribution in [0.25, 0.3) is 64.4 Å². The van der Waals surface area contributed by atoms with Crippen LogP contribution in [0.1, 0.15) is 5.56 Å². The molecule has 0 fully saturated rings. The number of hydrogen-bond acceptors (Lipinski definition) is 2. The van der Waals surface area contributed by atoms with Crippen molar-refractivity contribution in [3.05, 3.63) is 109 Å². The van der Waals surface area contributed by atoms with Crippen molar-refractivity contribution in [2.75, 3.05) is 0 Å². The third-order valence-corrected chi connectivity index (χ3v) is 7.72. The Kier molecular flexibility index (Phi) is 3.99. The van der Waals surface area contributed by atoms with Crippen molar-refractivity contribution in [1.82, 2.24) is 0 Å². The molecule has 33 heavy (non-hydrogen) atoms. The Morgan fingerprint density at radius 2 is 1.03 bits per heavy atom. The van der Waals surface area contributed by atoms with Crippen LogP contribution >= 0.6 is 11.3 Å². The van der Waals surface area contributed by atoms with E-state index in [-0.39, 0.29) is 0 Å². The molecule has 0 saturated carbocycles. The van der Waals surface area contributed by atoms with Crippen LogP contribution in [0, 0.1) is 6.92 Å². The van der Waals surface area contributed by atoms with Crippen LogP contribution in [0.5, 0.6) is 0 Å². The lowest BCUT2D eigenvalue weighted by Crippen LogP contribution is -1.79. The van der Waals surface area contributed by atoms with Crippen molar-refractivity contribution in [3.63, 3.8) is 0 Å². The van der Waals surface area contributed by atoms with Crippen LogP contribution in [-0.4, -0.2) is 0 Å². The van der Waals surface area contributed by atoms with Crippen LogP contribution in [-0.2, 0) is 0 Å². The fourth-order valence-electron chi connectivity index (χ4n) is 4.79. The van der Waals surface area contributed by atoms with Gasteiger partial charge in [-0.1, -0.05) is 66.2 Å². The minimum absolute atomic E-state index is 0.928. The van der Waals surface area contributed by atoms with E-state index in [9.17, 15) is 0 Å². The van der Waals surface area contributed by atoms with Crippen LogP contribution in [0.2, 0.25) is 0 Å². The van der Waals surface area contributed by atoms with Crippen LogP contribution in [0.4, 0.5) is 0 Å². The van der Waals surface area contributed by atoms with E-state index in [0.717, 1.165) is 21.9 Å². The first-order valence-corrected chi connectivity index (χ1v) is 12.0. The number of aryl methyl sites for hydroxylation is 1. The molecule has 1 nitrogen and oxygen atoms in total. The predicted octanol–water partition coefficient (Wildman–Crippen LogP) is 9.60. The predicted molar refractivity (Wildman–Crippen MR) is 142 cm³/mol. The molecule has 0 spiro atoms. The second kappa shape index (κ2) is 7.06. The normalized spacial score (nSPS) is 11.8. The molecule has 0 aliphatic heterocycles. The lowest BCUT2D eigenvalue weighted by molar-refractivity contribution is 0.669. The molecule has 0 saturated heterocycles. The second-order valence-corrected chi connectivity index (χ2v) is 9.78. The highest BCUT2D eigenvalue weighted by atomic mass is 32.1. The third kappa shape index (κ3) is 2.99. The first-order chi connectivity index (χ1) is 16.2. The van der Waals surface area contributed by atoms with Crippen molar-refractivity contribution in [2.24, 2.45) is 0 Å². The highest BCUT2D eigenvalue weighted by molar-refractivity contribution is 7.25. The van der Waals surface area contributed by atoms with Gasteiger partial charge in [0.2, 0.25) is 0 Å². The standard InChI is InChI=1S/C31H20OS/c1-19-6-8-20(9-7-19)21-10-13-28-25(16-21)26-17-22(11-14-29(26)32-28)23-12-15-31-27(18-23)24-4-2-3-5-30(24)33-31/h2-18H,1H3. The molecule has 2 heteroatoms. The maximum Gasteiger partial charge on any atom is 0.135 e. The maximum atomic E-state index is 6.17. The Morgan fingerprint density at radius 1 is 0.485 bits per heavy atom. The summed E-state index contributed by atoms with van der Waals surface area (Å²) in [5.74, 6) is 0. The summed E-state index contributed by atoms with van der Waals surface area (Å²) in [7, 11) is 0. The Bertz CT molecular complexity index is 1820. The molecule has 7 rings (SSSR count). The van der Waals surface area contributed by atoms with Crippen molar-refractivity contribution in [2.45, 2.75) is 6.92 Å². The lowest BCUT2D eigenvalue weighted by Gasteiger charge is -2.04. The largest absolute Gasteiger partial charge is 0.456 e. The Morgan fingerprint density at radius 3 is 1.76 bits per heavy atom. The van der Waals surface area contributed by atoms with Gasteiger partial charge in [0, 0.05) is 30.9 Å². The SMILES string of the molecule is Cc1ccc(-c2ccc3oc4ccc(-c5ccc6sc7ccccc7c6c5)cc4c3c2)cc1. The van der Waals surface area contributed by atoms with Crippen molar-refractivity contribution >= 4 is 53.4 Å². The average Bonchev–Trinajstić information content (AvgIpc) is 3.41. The number of furan rings is 1. The molecule has 156 valence electrons. The van der Waals surface area contributed by atoms with Gasteiger partial charge in [-0.2, -0.15) is 0 Å². The van der Waals surface area contributed by atoms with Gasteiger partial charge in [0.05, 0.1) is 0 Å². The fraction of sp³-hybridized carbons (Fsp3) is 0.0323. The molecule has 0 unspecified atom stereocenters. The quantitative estimate of drug-likeness (QED) is 0.261. The van der Waals surface area contributed by atoms with Gasteiger partial charge in [-0.3, -0.25) is 0 Å². The average molecular weight is 441 g/mol. The first-order valence-electron chi connectivity index (χ1n) is 11.2. The zero-order valence-corrected chi connectivity index (χ0v) is 18.9. The van der Waals surface area contributed by atoms with Gasteiger partial charge in [0.15, 0.2) is 0 Å². The van der Waals surface area contributed by atoms with E-state index in [1.54, 1.807) is 0 Å². The molecule has 0 atom stereocenters. The number of rotatable bonds is 2. The molecule has 0 radical (unpaired) electrons. The Labute approximate surface area is 195 Å². The number of hydrogen-bond donors (Lipinski definition) is 0. The summed E-state index contributed by atoms with van der Waals surface area (Å²) >= 11 is 1.86. The molecule has 0 amide bonds. The smallest absolute Gasteiger partial charge is 0.135 e. The highest BCUT2D eigenvalue weighted by Gasteiger charge is 2.12. The van der Waals surface area contributed by atoms with Gasteiger partial charge in [-0.05, 0) is 71.6 Å². The van der Waals surface area contributed by atoms with E-state index in [0.29, 0.717) is 0 Å². The molecular weight excluding hydrogens is 420 g/mol. The van der Waals surface area contributed by atoms with Gasteiger partial charge in [-0.15, -0.1) is 11.3 Å². The fourth-order valence-corrected chi connectivity index (χ4v) is 5.87. The topological polar surface area (TPSA) is 13.1 Å². The summed E-state index contributed by atoms with van der Waals surface area (Å²) in [5, 5.41) is 4.97. The van der Waals surface area contributed by atoms with Crippen LogP contribution in [0.15, 0.2) is 108 Å². The number of thiophene rings is 1. The summed E-state index contributed by atoms with van der Waals surface area (Å²) in [6.07, 6.45) is 0. The van der Waals surface area contributed by atoms with Gasteiger partial charge in [0.25, 0.3) is 0 Å². The maximum absolute atomic E-state index is 6.17. The molecule has 7 aromatic rings. The monoisotopic (exact) mass is 440 g/mol. The number of benzene rings is 5. The minimum atomic E-state index is 0.928. The van der Waals surface area contributed by atoms with E-state index in [1.165, 1.54) is 48.0 Å². The van der Waals surface area contributed by atoms with Gasteiger partial charge >= 0.3 is 0 Å². The molecular formula is C31H20OS.